The predicted molar refractivity (Wildman–Crippen MR) is 89.0 cm³/mol. The van der Waals surface area contributed by atoms with Crippen molar-refractivity contribution in [2.45, 2.75) is 39.2 Å². The van der Waals surface area contributed by atoms with Crippen molar-refractivity contribution in [1.29, 1.82) is 0 Å². The fourth-order valence-corrected chi connectivity index (χ4v) is 2.99. The maximum Gasteiger partial charge on any atom is 0.291 e. The van der Waals surface area contributed by atoms with E-state index in [0.29, 0.717) is 42.5 Å². The third-order valence-electron chi connectivity index (χ3n) is 4.24. The smallest absolute Gasteiger partial charge is 0.291 e. The van der Waals surface area contributed by atoms with Gasteiger partial charge in [0.25, 0.3) is 11.8 Å². The summed E-state index contributed by atoms with van der Waals surface area (Å²) in [4.78, 5) is 38.6. The van der Waals surface area contributed by atoms with Crippen molar-refractivity contribution in [2.24, 2.45) is 0 Å². The molecule has 0 bridgehead atoms. The number of rotatable bonds is 3. The molecule has 2 aromatic heterocycles. The minimum absolute atomic E-state index is 0.00450. The molecule has 0 spiro atoms. The Labute approximate surface area is 145 Å². The fourth-order valence-electron chi connectivity index (χ4n) is 2.99. The van der Waals surface area contributed by atoms with Crippen LogP contribution in [0, 0.1) is 13.8 Å². The zero-order valence-corrected chi connectivity index (χ0v) is 14.4. The minimum Gasteiger partial charge on any atom is -0.436 e. The van der Waals surface area contributed by atoms with E-state index in [4.69, 9.17) is 4.42 Å². The van der Waals surface area contributed by atoms with Crippen molar-refractivity contribution in [3.05, 3.63) is 41.6 Å². The second-order valence-electron chi connectivity index (χ2n) is 6.13. The zero-order chi connectivity index (χ0) is 17.8. The molecular formula is C17H21N5O3. The number of carbonyl (C=O) groups is 2. The monoisotopic (exact) mass is 343 g/mol. The largest absolute Gasteiger partial charge is 0.436 e. The maximum atomic E-state index is 12.6. The van der Waals surface area contributed by atoms with E-state index in [-0.39, 0.29) is 17.9 Å². The van der Waals surface area contributed by atoms with Crippen molar-refractivity contribution in [1.82, 2.24) is 25.2 Å². The molecule has 3 heterocycles. The second kappa shape index (κ2) is 7.42. The molecule has 0 radical (unpaired) electrons. The summed E-state index contributed by atoms with van der Waals surface area (Å²) in [7, 11) is 0. The Morgan fingerprint density at radius 1 is 1.24 bits per heavy atom. The van der Waals surface area contributed by atoms with Crippen molar-refractivity contribution < 1.29 is 14.0 Å². The van der Waals surface area contributed by atoms with Gasteiger partial charge in [-0.1, -0.05) is 0 Å². The number of nitrogens with one attached hydrogen (secondary N) is 1. The van der Waals surface area contributed by atoms with E-state index in [1.54, 1.807) is 18.7 Å². The Bertz CT molecular complexity index is 759. The lowest BCUT2D eigenvalue weighted by Gasteiger charge is -2.19. The zero-order valence-electron chi connectivity index (χ0n) is 14.4. The highest BCUT2D eigenvalue weighted by Crippen LogP contribution is 2.17. The van der Waals surface area contributed by atoms with E-state index in [2.05, 4.69) is 20.3 Å². The van der Waals surface area contributed by atoms with Gasteiger partial charge in [0.2, 0.25) is 5.76 Å². The number of oxazole rings is 1. The van der Waals surface area contributed by atoms with Crippen molar-refractivity contribution in [3.63, 3.8) is 0 Å². The molecule has 1 aliphatic heterocycles. The fraction of sp³-hybridized carbons (Fsp3) is 0.471. The molecule has 25 heavy (non-hydrogen) atoms. The van der Waals surface area contributed by atoms with Gasteiger partial charge in [-0.3, -0.25) is 14.6 Å². The number of likely N-dealkylation sites (tertiary alicyclic amines) is 1. The molecule has 8 heteroatoms. The van der Waals surface area contributed by atoms with Crippen LogP contribution in [0.3, 0.4) is 0 Å². The van der Waals surface area contributed by atoms with Crippen LogP contribution in [-0.4, -0.2) is 50.8 Å². The van der Waals surface area contributed by atoms with E-state index in [1.807, 2.05) is 0 Å². The molecule has 8 nitrogen and oxygen atoms in total. The summed E-state index contributed by atoms with van der Waals surface area (Å²) < 4.78 is 5.43. The molecule has 0 unspecified atom stereocenters. The Kier molecular flexibility index (Phi) is 5.06. The van der Waals surface area contributed by atoms with Gasteiger partial charge in [0, 0.05) is 38.4 Å². The molecule has 0 aliphatic carbocycles. The highest BCUT2D eigenvalue weighted by atomic mass is 16.4. The summed E-state index contributed by atoms with van der Waals surface area (Å²) in [6.45, 7) is 4.69. The Balaban J connectivity index is 1.60. The first kappa shape index (κ1) is 17.1. The second-order valence-corrected chi connectivity index (χ2v) is 6.13. The number of aromatic nitrogens is 3. The number of nitrogens with zero attached hydrogens (tertiary/aromatic N) is 4. The minimum atomic E-state index is -0.236. The molecule has 1 saturated heterocycles. The van der Waals surface area contributed by atoms with Gasteiger partial charge in [-0.05, 0) is 26.2 Å². The van der Waals surface area contributed by atoms with Crippen molar-refractivity contribution in [2.75, 3.05) is 13.1 Å². The van der Waals surface area contributed by atoms with Gasteiger partial charge in [-0.15, -0.1) is 0 Å². The van der Waals surface area contributed by atoms with Gasteiger partial charge >= 0.3 is 0 Å². The van der Waals surface area contributed by atoms with Gasteiger partial charge < -0.3 is 14.6 Å². The summed E-state index contributed by atoms with van der Waals surface area (Å²) >= 11 is 0. The number of hydrogen-bond acceptors (Lipinski definition) is 6. The standard InChI is InChI=1S/C17H21N5O3/c1-11-15(25-12(2)20-11)17(24)22-8-3-4-13(5-9-22)21-16(23)14-10-18-6-7-19-14/h6-7,10,13H,3-5,8-9H2,1-2H3,(H,21,23)/t13-/m1/s1. The van der Waals surface area contributed by atoms with Gasteiger partial charge in [-0.25, -0.2) is 9.97 Å². The summed E-state index contributed by atoms with van der Waals surface area (Å²) in [5.74, 6) is 0.419. The molecular weight excluding hydrogens is 322 g/mol. The molecule has 1 atom stereocenters. The van der Waals surface area contributed by atoms with Crippen LogP contribution in [0.15, 0.2) is 23.0 Å². The van der Waals surface area contributed by atoms with Crippen LogP contribution in [0.2, 0.25) is 0 Å². The summed E-state index contributed by atoms with van der Waals surface area (Å²) in [5, 5.41) is 2.97. The Hall–Kier alpha value is -2.77. The number of carbonyl (C=O) groups excluding carboxylic acids is 2. The number of aryl methyl sites for hydroxylation is 2. The lowest BCUT2D eigenvalue weighted by Crippen LogP contribution is -2.37. The highest BCUT2D eigenvalue weighted by molar-refractivity contribution is 5.93. The Morgan fingerprint density at radius 3 is 2.76 bits per heavy atom. The lowest BCUT2D eigenvalue weighted by molar-refractivity contribution is 0.0726. The lowest BCUT2D eigenvalue weighted by atomic mass is 10.1. The van der Waals surface area contributed by atoms with Gasteiger partial charge in [-0.2, -0.15) is 0 Å². The van der Waals surface area contributed by atoms with Crippen LogP contribution < -0.4 is 5.32 Å². The van der Waals surface area contributed by atoms with E-state index in [1.165, 1.54) is 18.6 Å². The SMILES string of the molecule is Cc1nc(C)c(C(=O)N2CCC[C@@H](NC(=O)c3cnccn3)CC2)o1. The summed E-state index contributed by atoms with van der Waals surface area (Å²) in [5.41, 5.74) is 0.909. The molecule has 3 rings (SSSR count). The molecule has 1 aliphatic rings. The molecule has 132 valence electrons. The van der Waals surface area contributed by atoms with Crippen LogP contribution in [0.1, 0.15) is 51.9 Å². The van der Waals surface area contributed by atoms with Crippen molar-refractivity contribution in [3.8, 4) is 0 Å². The summed E-state index contributed by atoms with van der Waals surface area (Å²) in [6.07, 6.45) is 6.76. The predicted octanol–water partition coefficient (Wildman–Crippen LogP) is 1.51. The first-order valence-electron chi connectivity index (χ1n) is 8.35. The van der Waals surface area contributed by atoms with Crippen LogP contribution in [0.4, 0.5) is 0 Å². The van der Waals surface area contributed by atoms with Gasteiger partial charge in [0.15, 0.2) is 5.89 Å². The average Bonchev–Trinajstić information content (AvgIpc) is 2.81. The molecule has 0 aromatic carbocycles. The quantitative estimate of drug-likeness (QED) is 0.906. The van der Waals surface area contributed by atoms with E-state index < -0.39 is 0 Å². The third-order valence-corrected chi connectivity index (χ3v) is 4.24. The summed E-state index contributed by atoms with van der Waals surface area (Å²) in [6, 6.07) is 0.00450. The topological polar surface area (TPSA) is 101 Å². The maximum absolute atomic E-state index is 12.6. The van der Waals surface area contributed by atoms with Crippen LogP contribution in [-0.2, 0) is 0 Å². The number of hydrogen-bond donors (Lipinski definition) is 1. The first-order valence-corrected chi connectivity index (χ1v) is 8.35. The third kappa shape index (κ3) is 4.01. The molecule has 1 fully saturated rings. The number of amides is 2. The average molecular weight is 343 g/mol. The van der Waals surface area contributed by atoms with E-state index >= 15 is 0 Å². The van der Waals surface area contributed by atoms with Crippen molar-refractivity contribution >= 4 is 11.8 Å². The van der Waals surface area contributed by atoms with Gasteiger partial charge in [0.1, 0.15) is 5.69 Å². The normalized spacial score (nSPS) is 17.8. The molecule has 2 amide bonds. The van der Waals surface area contributed by atoms with Gasteiger partial charge in [0.05, 0.1) is 11.9 Å². The van der Waals surface area contributed by atoms with E-state index in [0.717, 1.165) is 12.8 Å². The first-order chi connectivity index (χ1) is 12.0. The van der Waals surface area contributed by atoms with Crippen LogP contribution >= 0.6 is 0 Å². The molecule has 1 N–H and O–H groups in total. The van der Waals surface area contributed by atoms with E-state index in [9.17, 15) is 9.59 Å². The molecule has 2 aromatic rings. The van der Waals surface area contributed by atoms with Crippen LogP contribution in [0.25, 0.3) is 0 Å². The Morgan fingerprint density at radius 2 is 2.08 bits per heavy atom. The van der Waals surface area contributed by atoms with Crippen LogP contribution in [0.5, 0.6) is 0 Å². The molecule has 0 saturated carbocycles. The highest BCUT2D eigenvalue weighted by Gasteiger charge is 2.26.